The normalized spacial score (nSPS) is 19.6. The van der Waals surface area contributed by atoms with Gasteiger partial charge in [0, 0.05) is 38.8 Å². The average molecular weight is 365 g/mol. The molecule has 0 atom stereocenters. The van der Waals surface area contributed by atoms with E-state index >= 15 is 0 Å². The molecule has 3 rings (SSSR count). The minimum absolute atomic E-state index is 0.264. The number of rotatable bonds is 4. The quantitative estimate of drug-likeness (QED) is 0.888. The molecule has 7 heteroatoms. The highest BCUT2D eigenvalue weighted by Crippen LogP contribution is 2.32. The van der Waals surface area contributed by atoms with Crippen molar-refractivity contribution in [2.75, 3.05) is 38.1 Å². The van der Waals surface area contributed by atoms with Crippen molar-refractivity contribution >= 4 is 21.6 Å². The van der Waals surface area contributed by atoms with Gasteiger partial charge in [0.1, 0.15) is 4.90 Å². The van der Waals surface area contributed by atoms with E-state index in [1.54, 1.807) is 29.6 Å². The van der Waals surface area contributed by atoms with Crippen LogP contribution in [0.25, 0.3) is 0 Å². The molecule has 0 radical (unpaired) electrons. The molecule has 2 fully saturated rings. The van der Waals surface area contributed by atoms with E-state index in [-0.39, 0.29) is 10.8 Å². The third-order valence-corrected chi connectivity index (χ3v) is 7.01. The molecule has 6 nitrogen and oxygen atoms in total. The van der Waals surface area contributed by atoms with Gasteiger partial charge in [-0.15, -0.1) is 0 Å². The van der Waals surface area contributed by atoms with Crippen molar-refractivity contribution < 1.29 is 13.2 Å². The molecule has 2 saturated heterocycles. The van der Waals surface area contributed by atoms with Gasteiger partial charge in [-0.25, -0.2) is 8.42 Å². The summed E-state index contributed by atoms with van der Waals surface area (Å²) < 4.78 is 28.1. The fraction of sp³-hybridized carbons (Fsp3) is 0.611. The first kappa shape index (κ1) is 18.2. The topological polar surface area (TPSA) is 69.7 Å². The summed E-state index contributed by atoms with van der Waals surface area (Å²) in [6.07, 6.45) is 6.19. The molecule has 1 aromatic carbocycles. The van der Waals surface area contributed by atoms with Gasteiger partial charge in [0.05, 0.1) is 5.69 Å². The summed E-state index contributed by atoms with van der Waals surface area (Å²) >= 11 is 0. The van der Waals surface area contributed by atoms with Crippen molar-refractivity contribution in [3.8, 4) is 0 Å². The van der Waals surface area contributed by atoms with Crippen LogP contribution in [-0.2, 0) is 10.0 Å². The molecule has 0 saturated carbocycles. The molecule has 2 heterocycles. The summed E-state index contributed by atoms with van der Waals surface area (Å²) in [5.74, 6) is -0.264. The summed E-state index contributed by atoms with van der Waals surface area (Å²) in [5, 5.41) is 2.58. The Morgan fingerprint density at radius 3 is 2.16 bits per heavy atom. The Balaban J connectivity index is 2.04. The van der Waals surface area contributed by atoms with Crippen LogP contribution in [0.5, 0.6) is 0 Å². The molecule has 25 heavy (non-hydrogen) atoms. The van der Waals surface area contributed by atoms with Crippen LogP contribution in [-0.4, -0.2) is 51.9 Å². The van der Waals surface area contributed by atoms with Gasteiger partial charge in [0.2, 0.25) is 10.0 Å². The van der Waals surface area contributed by atoms with Gasteiger partial charge in [-0.05, 0) is 50.3 Å². The third-order valence-electron chi connectivity index (χ3n) is 5.08. The zero-order chi connectivity index (χ0) is 17.9. The molecule has 1 N–H and O–H groups in total. The molecule has 1 amide bonds. The van der Waals surface area contributed by atoms with E-state index < -0.39 is 10.0 Å². The minimum atomic E-state index is -3.59. The third kappa shape index (κ3) is 3.82. The summed E-state index contributed by atoms with van der Waals surface area (Å²) in [6.45, 7) is 2.85. The van der Waals surface area contributed by atoms with Crippen LogP contribution in [0.3, 0.4) is 0 Å². The van der Waals surface area contributed by atoms with E-state index in [4.69, 9.17) is 0 Å². The van der Waals surface area contributed by atoms with Crippen LogP contribution < -0.4 is 10.2 Å². The number of carbonyl (C=O) groups is 1. The van der Waals surface area contributed by atoms with E-state index in [1.165, 1.54) is 6.42 Å². The largest absolute Gasteiger partial charge is 0.370 e. The number of piperidine rings is 2. The summed E-state index contributed by atoms with van der Waals surface area (Å²) in [7, 11) is -2.04. The van der Waals surface area contributed by atoms with Crippen molar-refractivity contribution in [3.05, 3.63) is 23.8 Å². The number of amides is 1. The molecular formula is C18H27N3O3S. The maximum absolute atomic E-state index is 13.3. The van der Waals surface area contributed by atoms with E-state index in [2.05, 4.69) is 10.2 Å². The molecule has 0 aromatic heterocycles. The Morgan fingerprint density at radius 1 is 0.960 bits per heavy atom. The highest BCUT2D eigenvalue weighted by molar-refractivity contribution is 7.89. The summed E-state index contributed by atoms with van der Waals surface area (Å²) in [5.41, 5.74) is 1.12. The molecule has 0 spiro atoms. The smallest absolute Gasteiger partial charge is 0.251 e. The maximum atomic E-state index is 13.3. The second-order valence-corrected chi connectivity index (χ2v) is 8.68. The number of hydrogen-bond donors (Lipinski definition) is 1. The lowest BCUT2D eigenvalue weighted by atomic mass is 10.1. The van der Waals surface area contributed by atoms with Gasteiger partial charge >= 0.3 is 0 Å². The monoisotopic (exact) mass is 365 g/mol. The molecule has 0 unspecified atom stereocenters. The average Bonchev–Trinajstić information content (AvgIpc) is 2.68. The first-order valence-electron chi connectivity index (χ1n) is 9.15. The second kappa shape index (κ2) is 7.74. The first-order chi connectivity index (χ1) is 12.0. The highest BCUT2D eigenvalue weighted by Gasteiger charge is 2.31. The fourth-order valence-electron chi connectivity index (χ4n) is 3.65. The number of hydrogen-bond acceptors (Lipinski definition) is 4. The van der Waals surface area contributed by atoms with E-state index in [0.29, 0.717) is 18.7 Å². The van der Waals surface area contributed by atoms with Crippen LogP contribution in [0.4, 0.5) is 5.69 Å². The van der Waals surface area contributed by atoms with Crippen LogP contribution >= 0.6 is 0 Å². The van der Waals surface area contributed by atoms with Gasteiger partial charge in [-0.2, -0.15) is 4.31 Å². The molecule has 2 aliphatic rings. The lowest BCUT2D eigenvalue weighted by Crippen LogP contribution is -2.38. The SMILES string of the molecule is CNC(=O)c1ccc(N2CCCCC2)c(S(=O)(=O)N2CCCCC2)c1. The second-order valence-electron chi connectivity index (χ2n) is 6.77. The molecule has 1 aromatic rings. The molecule has 138 valence electrons. The van der Waals surface area contributed by atoms with Crippen LogP contribution in [0.15, 0.2) is 23.1 Å². The summed E-state index contributed by atoms with van der Waals surface area (Å²) in [4.78, 5) is 14.4. The Morgan fingerprint density at radius 2 is 1.56 bits per heavy atom. The number of anilines is 1. The lowest BCUT2D eigenvalue weighted by molar-refractivity contribution is 0.0963. The Labute approximate surface area is 150 Å². The summed E-state index contributed by atoms with van der Waals surface area (Å²) in [6, 6.07) is 5.07. The molecular weight excluding hydrogens is 338 g/mol. The minimum Gasteiger partial charge on any atom is -0.370 e. The van der Waals surface area contributed by atoms with Crippen LogP contribution in [0.2, 0.25) is 0 Å². The van der Waals surface area contributed by atoms with Crippen molar-refractivity contribution in [2.24, 2.45) is 0 Å². The highest BCUT2D eigenvalue weighted by atomic mass is 32.2. The van der Waals surface area contributed by atoms with Crippen LogP contribution in [0.1, 0.15) is 48.9 Å². The number of carbonyl (C=O) groups excluding carboxylic acids is 1. The molecule has 0 aliphatic carbocycles. The zero-order valence-corrected chi connectivity index (χ0v) is 15.6. The number of nitrogens with one attached hydrogen (secondary N) is 1. The van der Waals surface area contributed by atoms with E-state index in [9.17, 15) is 13.2 Å². The van der Waals surface area contributed by atoms with E-state index in [0.717, 1.165) is 50.9 Å². The van der Waals surface area contributed by atoms with Crippen molar-refractivity contribution in [1.82, 2.24) is 9.62 Å². The van der Waals surface area contributed by atoms with Gasteiger partial charge in [-0.1, -0.05) is 6.42 Å². The van der Waals surface area contributed by atoms with Gasteiger partial charge in [-0.3, -0.25) is 4.79 Å². The number of benzene rings is 1. The number of sulfonamides is 1. The first-order valence-corrected chi connectivity index (χ1v) is 10.6. The van der Waals surface area contributed by atoms with Crippen LogP contribution in [0, 0.1) is 0 Å². The predicted molar refractivity (Wildman–Crippen MR) is 98.5 cm³/mol. The van der Waals surface area contributed by atoms with Crippen molar-refractivity contribution in [1.29, 1.82) is 0 Å². The van der Waals surface area contributed by atoms with Gasteiger partial charge < -0.3 is 10.2 Å². The molecule has 0 bridgehead atoms. The Hall–Kier alpha value is -1.60. The zero-order valence-electron chi connectivity index (χ0n) is 14.8. The van der Waals surface area contributed by atoms with Gasteiger partial charge in [0.15, 0.2) is 0 Å². The predicted octanol–water partition coefficient (Wildman–Crippen LogP) is 2.21. The van der Waals surface area contributed by atoms with E-state index in [1.807, 2.05) is 0 Å². The van der Waals surface area contributed by atoms with Crippen molar-refractivity contribution in [2.45, 2.75) is 43.4 Å². The van der Waals surface area contributed by atoms with Crippen molar-refractivity contribution in [3.63, 3.8) is 0 Å². The number of nitrogens with zero attached hydrogens (tertiary/aromatic N) is 2. The standard InChI is InChI=1S/C18H27N3O3S/c1-19-18(22)15-8-9-16(20-10-4-2-5-11-20)17(14-15)25(23,24)21-12-6-3-7-13-21/h8-9,14H,2-7,10-13H2,1H3,(H,19,22). The fourth-order valence-corrected chi connectivity index (χ4v) is 5.40. The Bertz CT molecular complexity index is 721. The maximum Gasteiger partial charge on any atom is 0.251 e. The Kier molecular flexibility index (Phi) is 5.64. The molecule has 2 aliphatic heterocycles. The van der Waals surface area contributed by atoms with Gasteiger partial charge in [0.25, 0.3) is 5.91 Å². The lowest BCUT2D eigenvalue weighted by Gasteiger charge is -2.33.